The number of hydrogen-bond acceptors (Lipinski definition) is 2. The zero-order valence-corrected chi connectivity index (χ0v) is 7.26. The number of aliphatic carboxylic acids is 1. The summed E-state index contributed by atoms with van der Waals surface area (Å²) in [6.07, 6.45) is 5.56. The molecule has 3 heteroatoms. The van der Waals surface area contributed by atoms with E-state index in [4.69, 9.17) is 0 Å². The maximum Gasteiger partial charge on any atom is 1.00 e. The molecular formula is C6H5NaO2. The van der Waals surface area contributed by atoms with Crippen molar-refractivity contribution in [2.75, 3.05) is 0 Å². The third kappa shape index (κ3) is 2.35. The first-order chi connectivity index (χ1) is 3.80. The van der Waals surface area contributed by atoms with Gasteiger partial charge in [0.15, 0.2) is 0 Å². The van der Waals surface area contributed by atoms with Crippen LogP contribution in [0.15, 0.2) is 23.8 Å². The standard InChI is InChI=1S/C6H6O2.Na/c7-6(8)5-3-1-2-4-5;/h1-3H,4H2,(H,7,8);/q;+1/p-1. The smallest absolute Gasteiger partial charge is 0.545 e. The molecule has 1 aliphatic rings. The summed E-state index contributed by atoms with van der Waals surface area (Å²) in [6.45, 7) is 0. The topological polar surface area (TPSA) is 40.1 Å². The average Bonchev–Trinajstić information content (AvgIpc) is 2.12. The second-order valence-corrected chi connectivity index (χ2v) is 1.61. The fourth-order valence-corrected chi connectivity index (χ4v) is 0.599. The normalized spacial score (nSPS) is 14.4. The molecule has 0 atom stereocenters. The number of carbonyl (C=O) groups is 1. The number of carboxylic acids is 1. The van der Waals surface area contributed by atoms with Crippen LogP contribution in [0.25, 0.3) is 0 Å². The first-order valence-corrected chi connectivity index (χ1v) is 2.38. The first kappa shape index (κ1) is 8.95. The Morgan fingerprint density at radius 3 is 2.56 bits per heavy atom. The van der Waals surface area contributed by atoms with Crippen molar-refractivity contribution in [1.82, 2.24) is 0 Å². The van der Waals surface area contributed by atoms with Crippen LogP contribution < -0.4 is 34.7 Å². The molecule has 0 amide bonds. The summed E-state index contributed by atoms with van der Waals surface area (Å²) in [6, 6.07) is 0. The SMILES string of the molecule is O=C([O-])C1=CC=CC1.[Na+]. The molecule has 0 aliphatic heterocycles. The minimum atomic E-state index is -1.06. The molecule has 0 aromatic heterocycles. The average molecular weight is 132 g/mol. The summed E-state index contributed by atoms with van der Waals surface area (Å²) < 4.78 is 0. The van der Waals surface area contributed by atoms with Crippen molar-refractivity contribution < 1.29 is 39.5 Å². The van der Waals surface area contributed by atoms with Crippen LogP contribution >= 0.6 is 0 Å². The summed E-state index contributed by atoms with van der Waals surface area (Å²) in [4.78, 5) is 9.98. The second kappa shape index (κ2) is 3.88. The maximum atomic E-state index is 9.98. The molecule has 0 saturated carbocycles. The fourth-order valence-electron chi connectivity index (χ4n) is 0.599. The Hall–Kier alpha value is -0.0500. The van der Waals surface area contributed by atoms with E-state index in [1.165, 1.54) is 0 Å². The summed E-state index contributed by atoms with van der Waals surface area (Å²) in [5.41, 5.74) is 0.366. The summed E-state index contributed by atoms with van der Waals surface area (Å²) in [5, 5.41) is 9.98. The number of allylic oxidation sites excluding steroid dienone is 3. The van der Waals surface area contributed by atoms with Gasteiger partial charge in [0.25, 0.3) is 0 Å². The van der Waals surface area contributed by atoms with E-state index in [9.17, 15) is 9.90 Å². The van der Waals surface area contributed by atoms with Gasteiger partial charge < -0.3 is 9.90 Å². The Morgan fingerprint density at radius 1 is 1.67 bits per heavy atom. The molecule has 0 bridgehead atoms. The van der Waals surface area contributed by atoms with Crippen LogP contribution in [0.4, 0.5) is 0 Å². The van der Waals surface area contributed by atoms with Crippen molar-refractivity contribution in [2.45, 2.75) is 6.42 Å². The van der Waals surface area contributed by atoms with Gasteiger partial charge >= 0.3 is 29.6 Å². The largest absolute Gasteiger partial charge is 1.00 e. The maximum absolute atomic E-state index is 9.98. The molecule has 0 aromatic rings. The van der Waals surface area contributed by atoms with Gasteiger partial charge in [0.05, 0.1) is 5.97 Å². The molecule has 0 heterocycles. The van der Waals surface area contributed by atoms with Gasteiger partial charge in [-0.2, -0.15) is 0 Å². The van der Waals surface area contributed by atoms with Gasteiger partial charge in [0, 0.05) is 0 Å². The Kier molecular flexibility index (Phi) is 3.86. The molecule has 2 nitrogen and oxygen atoms in total. The monoisotopic (exact) mass is 132 g/mol. The molecule has 0 saturated heterocycles. The van der Waals surface area contributed by atoms with Crippen molar-refractivity contribution in [2.24, 2.45) is 0 Å². The quantitative estimate of drug-likeness (QED) is 0.349. The molecule has 0 radical (unpaired) electrons. The van der Waals surface area contributed by atoms with E-state index in [2.05, 4.69) is 0 Å². The molecule has 42 valence electrons. The van der Waals surface area contributed by atoms with Crippen molar-refractivity contribution in [3.63, 3.8) is 0 Å². The molecule has 0 spiro atoms. The number of carboxylic acid groups (broad SMARTS) is 1. The van der Waals surface area contributed by atoms with E-state index >= 15 is 0 Å². The van der Waals surface area contributed by atoms with E-state index in [1.807, 2.05) is 0 Å². The Labute approximate surface area is 75.5 Å². The van der Waals surface area contributed by atoms with Gasteiger partial charge in [-0.15, -0.1) is 0 Å². The predicted octanol–water partition coefficient (Wildman–Crippen LogP) is -3.37. The van der Waals surface area contributed by atoms with Gasteiger partial charge in [-0.3, -0.25) is 0 Å². The Balaban J connectivity index is 0.000000640. The molecule has 0 fully saturated rings. The number of hydrogen-bond donors (Lipinski definition) is 0. The first-order valence-electron chi connectivity index (χ1n) is 2.38. The molecule has 0 unspecified atom stereocenters. The van der Waals surface area contributed by atoms with Crippen LogP contribution in [0.5, 0.6) is 0 Å². The van der Waals surface area contributed by atoms with Gasteiger partial charge in [0.1, 0.15) is 0 Å². The minimum absolute atomic E-state index is 0. The van der Waals surface area contributed by atoms with Crippen LogP contribution in [0.2, 0.25) is 0 Å². The van der Waals surface area contributed by atoms with E-state index in [-0.39, 0.29) is 29.6 Å². The van der Waals surface area contributed by atoms with E-state index < -0.39 is 5.97 Å². The van der Waals surface area contributed by atoms with E-state index in [0.717, 1.165) is 0 Å². The second-order valence-electron chi connectivity index (χ2n) is 1.61. The van der Waals surface area contributed by atoms with E-state index in [1.54, 1.807) is 18.2 Å². The third-order valence-corrected chi connectivity index (χ3v) is 1.03. The molecule has 1 rings (SSSR count). The van der Waals surface area contributed by atoms with Crippen LogP contribution in [0.1, 0.15) is 6.42 Å². The summed E-state index contributed by atoms with van der Waals surface area (Å²) >= 11 is 0. The van der Waals surface area contributed by atoms with Crippen LogP contribution in [0, 0.1) is 0 Å². The van der Waals surface area contributed by atoms with Crippen molar-refractivity contribution in [3.8, 4) is 0 Å². The van der Waals surface area contributed by atoms with Gasteiger partial charge in [0.2, 0.25) is 0 Å². The van der Waals surface area contributed by atoms with Crippen LogP contribution in [0.3, 0.4) is 0 Å². The molecule has 9 heavy (non-hydrogen) atoms. The third-order valence-electron chi connectivity index (χ3n) is 1.03. The van der Waals surface area contributed by atoms with Crippen molar-refractivity contribution >= 4 is 5.97 Å². The number of carbonyl (C=O) groups excluding carboxylic acids is 1. The Bertz CT molecular complexity index is 170. The predicted molar refractivity (Wildman–Crippen MR) is 26.8 cm³/mol. The fraction of sp³-hybridized carbons (Fsp3) is 0.167. The van der Waals surface area contributed by atoms with Gasteiger partial charge in [-0.05, 0) is 12.0 Å². The minimum Gasteiger partial charge on any atom is -0.545 e. The van der Waals surface area contributed by atoms with Gasteiger partial charge in [-0.1, -0.05) is 18.2 Å². The molecule has 0 N–H and O–H groups in total. The van der Waals surface area contributed by atoms with Crippen molar-refractivity contribution in [3.05, 3.63) is 23.8 Å². The van der Waals surface area contributed by atoms with Gasteiger partial charge in [-0.25, -0.2) is 0 Å². The zero-order chi connectivity index (χ0) is 5.98. The van der Waals surface area contributed by atoms with Crippen LogP contribution in [-0.2, 0) is 4.79 Å². The molecular weight excluding hydrogens is 127 g/mol. The number of rotatable bonds is 1. The van der Waals surface area contributed by atoms with Crippen LogP contribution in [-0.4, -0.2) is 5.97 Å². The van der Waals surface area contributed by atoms with Crippen molar-refractivity contribution in [1.29, 1.82) is 0 Å². The van der Waals surface area contributed by atoms with E-state index in [0.29, 0.717) is 12.0 Å². The molecule has 1 aliphatic carbocycles. The Morgan fingerprint density at radius 2 is 2.33 bits per heavy atom. The summed E-state index contributed by atoms with van der Waals surface area (Å²) in [5.74, 6) is -1.06. The zero-order valence-electron chi connectivity index (χ0n) is 5.26. The molecule has 0 aromatic carbocycles. The summed E-state index contributed by atoms with van der Waals surface area (Å²) in [7, 11) is 0.